The molecule has 15 heavy (non-hydrogen) atoms. The van der Waals surface area contributed by atoms with Crippen molar-refractivity contribution in [3.8, 4) is 0 Å². The summed E-state index contributed by atoms with van der Waals surface area (Å²) < 4.78 is 5.42. The van der Waals surface area contributed by atoms with Crippen molar-refractivity contribution in [2.24, 2.45) is 0 Å². The number of rotatable bonds is 5. The second-order valence-electron chi connectivity index (χ2n) is 3.64. The highest BCUT2D eigenvalue weighted by molar-refractivity contribution is 7.14. The van der Waals surface area contributed by atoms with Crippen LogP contribution < -0.4 is 0 Å². The van der Waals surface area contributed by atoms with Crippen LogP contribution in [0.25, 0.3) is 0 Å². The number of thiophene rings is 1. The summed E-state index contributed by atoms with van der Waals surface area (Å²) in [5.74, 6) is 0.119. The number of hydrogen-bond donors (Lipinski definition) is 0. The summed E-state index contributed by atoms with van der Waals surface area (Å²) in [5, 5.41) is 0. The molecule has 0 aliphatic heterocycles. The van der Waals surface area contributed by atoms with Crippen LogP contribution >= 0.6 is 11.3 Å². The monoisotopic (exact) mass is 226 g/mol. The maximum atomic E-state index is 12.3. The Labute approximate surface area is 95.3 Å². The number of carbonyl (C=O) groups excluding carboxylic acids is 1. The first-order valence-electron chi connectivity index (χ1n) is 5.26. The van der Waals surface area contributed by atoms with Gasteiger partial charge in [0.1, 0.15) is 5.60 Å². The van der Waals surface area contributed by atoms with Gasteiger partial charge in [0, 0.05) is 12.0 Å². The molecule has 0 aromatic carbocycles. The molecule has 0 atom stereocenters. The smallest absolute Gasteiger partial charge is 0.204 e. The fourth-order valence-corrected chi connectivity index (χ4v) is 2.63. The summed E-state index contributed by atoms with van der Waals surface area (Å²) in [5.41, 5.74) is -0.628. The molecule has 0 bridgehead atoms. The van der Waals surface area contributed by atoms with Crippen LogP contribution in [0.4, 0.5) is 0 Å². The first-order chi connectivity index (χ1) is 7.09. The normalized spacial score (nSPS) is 11.7. The van der Waals surface area contributed by atoms with Crippen LogP contribution in [0, 0.1) is 6.92 Å². The van der Waals surface area contributed by atoms with E-state index in [-0.39, 0.29) is 5.78 Å². The summed E-state index contributed by atoms with van der Waals surface area (Å²) in [6.45, 7) is 5.99. The number of hydrogen-bond acceptors (Lipinski definition) is 3. The van der Waals surface area contributed by atoms with E-state index >= 15 is 0 Å². The van der Waals surface area contributed by atoms with Gasteiger partial charge in [-0.15, -0.1) is 11.3 Å². The topological polar surface area (TPSA) is 26.3 Å². The first kappa shape index (κ1) is 12.4. The molecule has 0 radical (unpaired) electrons. The third-order valence-corrected chi connectivity index (χ3v) is 3.91. The lowest BCUT2D eigenvalue weighted by atomic mass is 9.91. The fraction of sp³-hybridized carbons (Fsp3) is 0.583. The van der Waals surface area contributed by atoms with Gasteiger partial charge in [-0.2, -0.15) is 0 Å². The summed E-state index contributed by atoms with van der Waals surface area (Å²) in [6, 6.07) is 3.87. The maximum absolute atomic E-state index is 12.3. The standard InChI is InChI=1S/C12H18O2S/c1-5-12(6-2,14-4)11(13)10-8-7-9(3)15-10/h7-8H,5-6H2,1-4H3. The average molecular weight is 226 g/mol. The third-order valence-electron chi connectivity index (χ3n) is 2.91. The van der Waals surface area contributed by atoms with Gasteiger partial charge in [-0.3, -0.25) is 4.79 Å². The molecule has 0 N–H and O–H groups in total. The number of carbonyl (C=O) groups is 1. The zero-order chi connectivity index (χ0) is 11.5. The van der Waals surface area contributed by atoms with Crippen LogP contribution in [0.3, 0.4) is 0 Å². The van der Waals surface area contributed by atoms with Gasteiger partial charge in [0.05, 0.1) is 4.88 Å². The third kappa shape index (κ3) is 2.29. The molecule has 2 nitrogen and oxygen atoms in total. The van der Waals surface area contributed by atoms with Crippen LogP contribution in [0.2, 0.25) is 0 Å². The molecule has 1 aromatic heterocycles. The summed E-state index contributed by atoms with van der Waals surface area (Å²) in [6.07, 6.45) is 1.44. The second kappa shape index (κ2) is 4.90. The van der Waals surface area contributed by atoms with Gasteiger partial charge in [-0.05, 0) is 31.9 Å². The van der Waals surface area contributed by atoms with Gasteiger partial charge in [-0.25, -0.2) is 0 Å². The molecule has 0 aliphatic rings. The second-order valence-corrected chi connectivity index (χ2v) is 4.93. The number of aryl methyl sites for hydroxylation is 1. The van der Waals surface area contributed by atoms with E-state index in [1.165, 1.54) is 11.3 Å². The minimum atomic E-state index is -0.628. The average Bonchev–Trinajstić information content (AvgIpc) is 2.68. The minimum absolute atomic E-state index is 0.119. The highest BCUT2D eigenvalue weighted by Gasteiger charge is 2.35. The van der Waals surface area contributed by atoms with E-state index in [1.807, 2.05) is 32.9 Å². The van der Waals surface area contributed by atoms with Gasteiger partial charge in [0.15, 0.2) is 0 Å². The first-order valence-corrected chi connectivity index (χ1v) is 6.07. The van der Waals surface area contributed by atoms with Gasteiger partial charge in [0.2, 0.25) is 5.78 Å². The minimum Gasteiger partial charge on any atom is -0.370 e. The Balaban J connectivity index is 3.00. The molecule has 0 fully saturated rings. The lowest BCUT2D eigenvalue weighted by Crippen LogP contribution is -2.39. The Morgan fingerprint density at radius 2 is 2.00 bits per heavy atom. The fourth-order valence-electron chi connectivity index (χ4n) is 1.73. The highest BCUT2D eigenvalue weighted by atomic mass is 32.1. The summed E-state index contributed by atoms with van der Waals surface area (Å²) >= 11 is 1.54. The molecular weight excluding hydrogens is 208 g/mol. The van der Waals surface area contributed by atoms with Crippen LogP contribution in [0.1, 0.15) is 41.2 Å². The van der Waals surface area contributed by atoms with Crippen LogP contribution in [0.15, 0.2) is 12.1 Å². The lowest BCUT2D eigenvalue weighted by molar-refractivity contribution is -0.00226. The largest absolute Gasteiger partial charge is 0.370 e. The van der Waals surface area contributed by atoms with Crippen molar-refractivity contribution in [1.82, 2.24) is 0 Å². The number of Topliss-reactive ketones (excluding diaryl/α,β-unsaturated/α-hetero) is 1. The Bertz CT molecular complexity index is 329. The molecule has 84 valence electrons. The van der Waals surface area contributed by atoms with E-state index in [0.29, 0.717) is 0 Å². The molecule has 1 aromatic rings. The van der Waals surface area contributed by atoms with Crippen molar-refractivity contribution in [2.75, 3.05) is 7.11 Å². The van der Waals surface area contributed by atoms with E-state index in [4.69, 9.17) is 4.74 Å². The molecule has 1 rings (SSSR count). The molecule has 0 saturated heterocycles. The molecule has 3 heteroatoms. The molecule has 0 unspecified atom stereocenters. The van der Waals surface area contributed by atoms with E-state index in [2.05, 4.69) is 0 Å². The van der Waals surface area contributed by atoms with E-state index in [0.717, 1.165) is 22.6 Å². The van der Waals surface area contributed by atoms with E-state index < -0.39 is 5.60 Å². The van der Waals surface area contributed by atoms with Crippen LogP contribution in [0.5, 0.6) is 0 Å². The summed E-state index contributed by atoms with van der Waals surface area (Å²) in [7, 11) is 1.62. The molecule has 0 aliphatic carbocycles. The number of ketones is 1. The highest BCUT2D eigenvalue weighted by Crippen LogP contribution is 2.28. The molecule has 0 spiro atoms. The van der Waals surface area contributed by atoms with Crippen LogP contribution in [-0.2, 0) is 4.74 Å². The Morgan fingerprint density at radius 3 is 2.33 bits per heavy atom. The van der Waals surface area contributed by atoms with E-state index in [1.54, 1.807) is 7.11 Å². The quantitative estimate of drug-likeness (QED) is 0.719. The molecule has 1 heterocycles. The van der Waals surface area contributed by atoms with Crippen molar-refractivity contribution in [3.63, 3.8) is 0 Å². The Hall–Kier alpha value is -0.670. The van der Waals surface area contributed by atoms with Gasteiger partial charge in [-0.1, -0.05) is 13.8 Å². The van der Waals surface area contributed by atoms with Gasteiger partial charge in [0.25, 0.3) is 0 Å². The van der Waals surface area contributed by atoms with Crippen molar-refractivity contribution in [2.45, 2.75) is 39.2 Å². The van der Waals surface area contributed by atoms with Crippen molar-refractivity contribution in [1.29, 1.82) is 0 Å². The molecule has 0 saturated carbocycles. The van der Waals surface area contributed by atoms with E-state index in [9.17, 15) is 4.79 Å². The van der Waals surface area contributed by atoms with Gasteiger partial charge < -0.3 is 4.74 Å². The SMILES string of the molecule is CCC(CC)(OC)C(=O)c1ccc(C)s1. The zero-order valence-electron chi connectivity index (χ0n) is 9.79. The van der Waals surface area contributed by atoms with Crippen molar-refractivity contribution >= 4 is 17.1 Å². The van der Waals surface area contributed by atoms with Crippen molar-refractivity contribution < 1.29 is 9.53 Å². The predicted molar refractivity (Wildman–Crippen MR) is 63.7 cm³/mol. The maximum Gasteiger partial charge on any atom is 0.204 e. The van der Waals surface area contributed by atoms with Gasteiger partial charge >= 0.3 is 0 Å². The Morgan fingerprint density at radius 1 is 1.40 bits per heavy atom. The lowest BCUT2D eigenvalue weighted by Gasteiger charge is -2.27. The predicted octanol–water partition coefficient (Wildman–Crippen LogP) is 3.44. The summed E-state index contributed by atoms with van der Waals surface area (Å²) in [4.78, 5) is 14.2. The number of ether oxygens (including phenoxy) is 1. The zero-order valence-corrected chi connectivity index (χ0v) is 10.6. The van der Waals surface area contributed by atoms with Crippen molar-refractivity contribution in [3.05, 3.63) is 21.9 Å². The number of methoxy groups -OCH3 is 1. The Kier molecular flexibility index (Phi) is 4.05. The molecule has 0 amide bonds. The molecular formula is C12H18O2S. The van der Waals surface area contributed by atoms with Crippen LogP contribution in [-0.4, -0.2) is 18.5 Å².